The molecule has 0 atom stereocenters. The van der Waals surface area contributed by atoms with Gasteiger partial charge in [0.05, 0.1) is 10.0 Å². The van der Waals surface area contributed by atoms with Gasteiger partial charge in [0.25, 0.3) is 0 Å². The molecule has 0 aromatic heterocycles. The Morgan fingerprint density at radius 2 is 1.80 bits per heavy atom. The lowest BCUT2D eigenvalue weighted by Gasteiger charge is -2.10. The largest absolute Gasteiger partial charge is 0.313 e. The number of rotatable bonds is 5. The van der Waals surface area contributed by atoms with E-state index in [0.29, 0.717) is 10.0 Å². The Hall–Kier alpha value is -0.730. The van der Waals surface area contributed by atoms with Gasteiger partial charge in [0.2, 0.25) is 0 Å². The van der Waals surface area contributed by atoms with Crippen molar-refractivity contribution in [3.8, 4) is 11.1 Å². The van der Waals surface area contributed by atoms with Crippen molar-refractivity contribution in [1.29, 1.82) is 0 Å². The summed E-state index contributed by atoms with van der Waals surface area (Å²) in [5, 5.41) is 5.19. The van der Waals surface area contributed by atoms with Crippen LogP contribution in [0.15, 0.2) is 36.4 Å². The lowest BCUT2D eigenvalue weighted by molar-refractivity contribution is 0.675. The first-order valence-electron chi connectivity index (χ1n) is 6.57. The second-order valence-electron chi connectivity index (χ2n) is 4.58. The minimum Gasteiger partial charge on any atom is -0.313 e. The van der Waals surface area contributed by atoms with Crippen LogP contribution in [0.4, 0.5) is 0 Å². The summed E-state index contributed by atoms with van der Waals surface area (Å²) in [5.41, 5.74) is 2.96. The summed E-state index contributed by atoms with van der Waals surface area (Å²) in [6.07, 6.45) is 1.10. The molecule has 0 fully saturated rings. The average molecular weight is 329 g/mol. The number of nitrogens with one attached hydrogen (secondary N) is 1. The second kappa shape index (κ2) is 7.33. The monoisotopic (exact) mass is 327 g/mol. The maximum Gasteiger partial charge on any atom is 0.0670 e. The first-order valence-corrected chi connectivity index (χ1v) is 7.70. The third kappa shape index (κ3) is 3.67. The van der Waals surface area contributed by atoms with Gasteiger partial charge < -0.3 is 5.32 Å². The van der Waals surface area contributed by atoms with E-state index in [-0.39, 0.29) is 0 Å². The zero-order valence-electron chi connectivity index (χ0n) is 11.2. The topological polar surface area (TPSA) is 12.0 Å². The molecule has 0 aliphatic heterocycles. The molecule has 2 aromatic carbocycles. The quantitative estimate of drug-likeness (QED) is 0.683. The molecule has 2 rings (SSSR count). The Labute approximate surface area is 134 Å². The van der Waals surface area contributed by atoms with Gasteiger partial charge in [-0.1, -0.05) is 66.0 Å². The summed E-state index contributed by atoms with van der Waals surface area (Å²) in [7, 11) is 0. The van der Waals surface area contributed by atoms with Gasteiger partial charge in [-0.15, -0.1) is 0 Å². The van der Waals surface area contributed by atoms with E-state index in [1.165, 1.54) is 0 Å². The molecular formula is C16H16Cl3N. The minimum absolute atomic E-state index is 0.550. The molecular weight excluding hydrogens is 313 g/mol. The molecule has 0 heterocycles. The normalized spacial score (nSPS) is 10.8. The zero-order valence-corrected chi connectivity index (χ0v) is 13.5. The fourth-order valence-electron chi connectivity index (χ4n) is 1.98. The predicted molar refractivity (Wildman–Crippen MR) is 88.9 cm³/mol. The molecule has 0 aliphatic carbocycles. The van der Waals surface area contributed by atoms with Crippen LogP contribution < -0.4 is 5.32 Å². The van der Waals surface area contributed by atoms with Gasteiger partial charge in [-0.05, 0) is 36.2 Å². The highest BCUT2D eigenvalue weighted by Crippen LogP contribution is 2.35. The molecule has 0 unspecified atom stereocenters. The van der Waals surface area contributed by atoms with Gasteiger partial charge in [-0.2, -0.15) is 0 Å². The molecule has 0 bridgehead atoms. The first-order chi connectivity index (χ1) is 9.63. The van der Waals surface area contributed by atoms with E-state index in [0.717, 1.165) is 41.2 Å². The summed E-state index contributed by atoms with van der Waals surface area (Å²) in [4.78, 5) is 0. The zero-order chi connectivity index (χ0) is 14.5. The molecule has 4 heteroatoms. The van der Waals surface area contributed by atoms with Crippen LogP contribution in [-0.4, -0.2) is 6.54 Å². The average Bonchev–Trinajstić information content (AvgIpc) is 2.44. The van der Waals surface area contributed by atoms with Gasteiger partial charge in [0.15, 0.2) is 0 Å². The number of hydrogen-bond acceptors (Lipinski definition) is 1. The summed E-state index contributed by atoms with van der Waals surface area (Å²) in [6.45, 7) is 3.90. The molecule has 0 amide bonds. The van der Waals surface area contributed by atoms with E-state index in [4.69, 9.17) is 34.8 Å². The molecule has 0 spiro atoms. The van der Waals surface area contributed by atoms with Crippen molar-refractivity contribution in [2.75, 3.05) is 6.54 Å². The molecule has 0 radical (unpaired) electrons. The van der Waals surface area contributed by atoms with Crippen molar-refractivity contribution in [2.24, 2.45) is 0 Å². The van der Waals surface area contributed by atoms with E-state index < -0.39 is 0 Å². The van der Waals surface area contributed by atoms with Crippen molar-refractivity contribution < 1.29 is 0 Å². The molecule has 0 saturated heterocycles. The van der Waals surface area contributed by atoms with Crippen molar-refractivity contribution >= 4 is 34.8 Å². The van der Waals surface area contributed by atoms with Crippen LogP contribution in [0.1, 0.15) is 18.9 Å². The van der Waals surface area contributed by atoms with E-state index in [9.17, 15) is 0 Å². The highest BCUT2D eigenvalue weighted by atomic mass is 35.5. The highest BCUT2D eigenvalue weighted by molar-refractivity contribution is 6.43. The lowest BCUT2D eigenvalue weighted by atomic mass is 10.0. The summed E-state index contributed by atoms with van der Waals surface area (Å²) < 4.78 is 0. The smallest absolute Gasteiger partial charge is 0.0670 e. The van der Waals surface area contributed by atoms with Crippen LogP contribution in [0.25, 0.3) is 11.1 Å². The molecule has 0 saturated carbocycles. The van der Waals surface area contributed by atoms with Crippen molar-refractivity contribution in [1.82, 2.24) is 5.32 Å². The van der Waals surface area contributed by atoms with E-state index in [1.807, 2.05) is 30.3 Å². The van der Waals surface area contributed by atoms with Gasteiger partial charge in [-0.25, -0.2) is 0 Å². The fraction of sp³-hybridized carbons (Fsp3) is 0.250. The summed E-state index contributed by atoms with van der Waals surface area (Å²) in [6, 6.07) is 11.6. The maximum absolute atomic E-state index is 6.33. The highest BCUT2D eigenvalue weighted by Gasteiger charge is 2.09. The van der Waals surface area contributed by atoms with Crippen LogP contribution in [0.5, 0.6) is 0 Å². The van der Waals surface area contributed by atoms with E-state index >= 15 is 0 Å². The molecule has 2 aromatic rings. The molecule has 1 N–H and O–H groups in total. The molecule has 1 nitrogen and oxygen atoms in total. The molecule has 0 aliphatic rings. The van der Waals surface area contributed by atoms with Gasteiger partial charge in [0, 0.05) is 17.1 Å². The predicted octanol–water partition coefficient (Wildman–Crippen LogP) is 5.81. The fourth-order valence-corrected chi connectivity index (χ4v) is 2.64. The number of halogens is 3. The maximum atomic E-state index is 6.33. The Bertz CT molecular complexity index is 596. The number of benzene rings is 2. The van der Waals surface area contributed by atoms with Gasteiger partial charge >= 0.3 is 0 Å². The summed E-state index contributed by atoms with van der Waals surface area (Å²) in [5.74, 6) is 0. The minimum atomic E-state index is 0.550. The SMILES string of the molecule is CCCNCc1ccc(-c2cccc(Cl)c2Cl)cc1Cl. The third-order valence-corrected chi connectivity index (χ3v) is 4.23. The van der Waals surface area contributed by atoms with Gasteiger partial charge in [-0.3, -0.25) is 0 Å². The molecule has 106 valence electrons. The van der Waals surface area contributed by atoms with E-state index in [1.54, 1.807) is 6.07 Å². The Morgan fingerprint density at radius 3 is 2.50 bits per heavy atom. The van der Waals surface area contributed by atoms with Crippen molar-refractivity contribution in [3.05, 3.63) is 57.0 Å². The lowest BCUT2D eigenvalue weighted by Crippen LogP contribution is -2.13. The Balaban J connectivity index is 2.26. The van der Waals surface area contributed by atoms with Crippen LogP contribution in [0.2, 0.25) is 15.1 Å². The van der Waals surface area contributed by atoms with Crippen molar-refractivity contribution in [2.45, 2.75) is 19.9 Å². The van der Waals surface area contributed by atoms with Gasteiger partial charge in [0.1, 0.15) is 0 Å². The second-order valence-corrected chi connectivity index (χ2v) is 5.78. The first kappa shape index (κ1) is 15.7. The third-order valence-electron chi connectivity index (χ3n) is 3.06. The summed E-state index contributed by atoms with van der Waals surface area (Å²) >= 11 is 18.6. The van der Waals surface area contributed by atoms with E-state index in [2.05, 4.69) is 12.2 Å². The van der Waals surface area contributed by atoms with Crippen molar-refractivity contribution in [3.63, 3.8) is 0 Å². The number of hydrogen-bond donors (Lipinski definition) is 1. The van der Waals surface area contributed by atoms with Crippen LogP contribution >= 0.6 is 34.8 Å². The van der Waals surface area contributed by atoms with Crippen LogP contribution in [-0.2, 0) is 6.54 Å². The Morgan fingerprint density at radius 1 is 1.00 bits per heavy atom. The Kier molecular flexibility index (Phi) is 5.74. The molecule has 20 heavy (non-hydrogen) atoms. The van der Waals surface area contributed by atoms with Crippen LogP contribution in [0, 0.1) is 0 Å². The van der Waals surface area contributed by atoms with Crippen LogP contribution in [0.3, 0.4) is 0 Å². The standard InChI is InChI=1S/C16H16Cl3N/c1-2-8-20-10-12-7-6-11(9-15(12)18)13-4-3-5-14(17)16(13)19/h3-7,9,20H,2,8,10H2,1H3.